The lowest BCUT2D eigenvalue weighted by molar-refractivity contribution is 0.554. The summed E-state index contributed by atoms with van der Waals surface area (Å²) in [4.78, 5) is 4.51. The van der Waals surface area contributed by atoms with Crippen molar-refractivity contribution in [3.8, 4) is 0 Å². The highest BCUT2D eigenvalue weighted by Gasteiger charge is 2.41. The third kappa shape index (κ3) is 2.87. The average Bonchev–Trinajstić information content (AvgIpc) is 3.44. The number of hydrogen-bond donors (Lipinski definition) is 0. The number of anilines is 1. The van der Waals surface area contributed by atoms with Gasteiger partial charge in [-0.15, -0.1) is 11.3 Å². The predicted molar refractivity (Wildman–Crippen MR) is 119 cm³/mol. The fourth-order valence-corrected chi connectivity index (χ4v) is 7.51. The van der Waals surface area contributed by atoms with Gasteiger partial charge in [0, 0.05) is 17.8 Å². The molecule has 1 unspecified atom stereocenters. The summed E-state index contributed by atoms with van der Waals surface area (Å²) in [6.07, 6.45) is 2.14. The highest BCUT2D eigenvalue weighted by Crippen LogP contribution is 2.45. The Morgan fingerprint density at radius 1 is 1.14 bits per heavy atom. The molecule has 5 rings (SSSR count). The van der Waals surface area contributed by atoms with Crippen molar-refractivity contribution in [3.63, 3.8) is 0 Å². The van der Waals surface area contributed by atoms with Crippen LogP contribution in [0.25, 0.3) is 21.1 Å². The summed E-state index contributed by atoms with van der Waals surface area (Å²) in [7, 11) is -2.05. The molecule has 0 aliphatic heterocycles. The second-order valence-corrected chi connectivity index (χ2v) is 10.6. The van der Waals surface area contributed by atoms with Gasteiger partial charge >= 0.3 is 0 Å². The van der Waals surface area contributed by atoms with E-state index in [0.717, 1.165) is 39.0 Å². The Bertz CT molecular complexity index is 1330. The van der Waals surface area contributed by atoms with Crippen LogP contribution in [-0.2, 0) is 17.1 Å². The number of hydrogen-bond acceptors (Lipinski definition) is 4. The van der Waals surface area contributed by atoms with Crippen molar-refractivity contribution in [1.29, 1.82) is 0 Å². The molecule has 150 valence electrons. The van der Waals surface area contributed by atoms with E-state index in [2.05, 4.69) is 17.1 Å². The van der Waals surface area contributed by atoms with Crippen LogP contribution in [0.1, 0.15) is 25.3 Å². The van der Waals surface area contributed by atoms with Crippen LogP contribution >= 0.6 is 11.3 Å². The van der Waals surface area contributed by atoms with Gasteiger partial charge in [-0.25, -0.2) is 4.98 Å². The van der Waals surface area contributed by atoms with E-state index in [4.69, 9.17) is 0 Å². The minimum absolute atomic E-state index is 0.100. The maximum absolute atomic E-state index is 14.0. The Kier molecular flexibility index (Phi) is 4.22. The van der Waals surface area contributed by atoms with Crippen LogP contribution in [0.3, 0.4) is 0 Å². The predicted octanol–water partition coefficient (Wildman–Crippen LogP) is 5.09. The monoisotopic (exact) mass is 425 g/mol. The molecule has 0 bridgehead atoms. The molecule has 0 N–H and O–H groups in total. The van der Waals surface area contributed by atoms with Gasteiger partial charge in [0.25, 0.3) is 10.0 Å². The van der Waals surface area contributed by atoms with E-state index in [-0.39, 0.29) is 11.2 Å². The van der Waals surface area contributed by atoms with Crippen molar-refractivity contribution in [2.75, 3.05) is 4.31 Å². The third-order valence-electron chi connectivity index (χ3n) is 5.93. The van der Waals surface area contributed by atoms with Gasteiger partial charge in [0.2, 0.25) is 5.16 Å². The van der Waals surface area contributed by atoms with Gasteiger partial charge in [-0.2, -0.15) is 8.42 Å². The molecule has 5 nitrogen and oxygen atoms in total. The molecule has 1 atom stereocenters. The lowest BCUT2D eigenvalue weighted by Gasteiger charge is -2.29. The van der Waals surface area contributed by atoms with Gasteiger partial charge in [0.05, 0.1) is 11.0 Å². The smallest absolute Gasteiger partial charge is 0.299 e. The van der Waals surface area contributed by atoms with E-state index in [0.29, 0.717) is 11.4 Å². The number of sulfonamides is 1. The summed E-state index contributed by atoms with van der Waals surface area (Å²) >= 11 is 1.55. The molecule has 4 aromatic rings. The molecule has 2 aromatic carbocycles. The number of fused-ring (bicyclic) bond motifs is 2. The minimum atomic E-state index is -3.83. The van der Waals surface area contributed by atoms with E-state index in [1.165, 1.54) is 0 Å². The van der Waals surface area contributed by atoms with Gasteiger partial charge in [0.1, 0.15) is 5.00 Å². The van der Waals surface area contributed by atoms with Crippen molar-refractivity contribution in [2.45, 2.75) is 37.9 Å². The first-order chi connectivity index (χ1) is 13.9. The van der Waals surface area contributed by atoms with Crippen LogP contribution in [0, 0.1) is 12.8 Å². The minimum Gasteiger partial charge on any atom is -0.316 e. The first kappa shape index (κ1) is 18.6. The number of nitrogens with zero attached hydrogens (tertiary/aromatic N) is 3. The molecule has 1 aliphatic rings. The molecular formula is C22H23N3O2S2. The maximum atomic E-state index is 14.0. The number of aryl methyl sites for hydroxylation is 2. The summed E-state index contributed by atoms with van der Waals surface area (Å²) in [5, 5.41) is 2.02. The Morgan fingerprint density at radius 2 is 1.83 bits per heavy atom. The number of aromatic nitrogens is 2. The molecule has 0 saturated heterocycles. The molecule has 29 heavy (non-hydrogen) atoms. The van der Waals surface area contributed by atoms with Crippen molar-refractivity contribution in [3.05, 3.63) is 54.1 Å². The summed E-state index contributed by atoms with van der Waals surface area (Å²) < 4.78 is 32.4. The van der Waals surface area contributed by atoms with E-state index in [1.54, 1.807) is 27.3 Å². The highest BCUT2D eigenvalue weighted by atomic mass is 32.2. The zero-order chi connectivity index (χ0) is 20.3. The van der Waals surface area contributed by atoms with Crippen LogP contribution in [-0.4, -0.2) is 24.0 Å². The van der Waals surface area contributed by atoms with E-state index in [9.17, 15) is 8.42 Å². The van der Waals surface area contributed by atoms with E-state index < -0.39 is 10.0 Å². The largest absolute Gasteiger partial charge is 0.316 e. The van der Waals surface area contributed by atoms with Gasteiger partial charge in [-0.05, 0) is 61.8 Å². The number of thiophene rings is 1. The van der Waals surface area contributed by atoms with Crippen molar-refractivity contribution in [2.24, 2.45) is 13.0 Å². The van der Waals surface area contributed by atoms with Crippen molar-refractivity contribution >= 4 is 47.5 Å². The van der Waals surface area contributed by atoms with Crippen LogP contribution in [0.15, 0.2) is 53.7 Å². The maximum Gasteiger partial charge on any atom is 0.299 e. The molecule has 0 amide bonds. The standard InChI is InChI=1S/C22H23N3O2S2/c1-14-17-8-4-7-11-20(17)28-21(14)25(15(2)16-12-13-16)29(26,27)22-23-18-9-5-6-10-19(18)24(22)3/h4-11,15-16H,12-13H2,1-3H3. The first-order valence-electron chi connectivity index (χ1n) is 9.83. The molecular weight excluding hydrogens is 402 g/mol. The molecule has 2 aromatic heterocycles. The zero-order valence-corrected chi connectivity index (χ0v) is 18.3. The van der Waals surface area contributed by atoms with Crippen LogP contribution in [0.4, 0.5) is 5.00 Å². The molecule has 1 fully saturated rings. The molecule has 0 radical (unpaired) electrons. The number of para-hydroxylation sites is 2. The summed E-state index contributed by atoms with van der Waals surface area (Å²) in [5.74, 6) is 0.393. The number of imidazole rings is 1. The molecule has 2 heterocycles. The Hall–Kier alpha value is -2.38. The lowest BCUT2D eigenvalue weighted by atomic mass is 10.1. The van der Waals surface area contributed by atoms with E-state index in [1.807, 2.05) is 50.2 Å². The fourth-order valence-electron chi connectivity index (χ4n) is 4.10. The Morgan fingerprint density at radius 3 is 2.52 bits per heavy atom. The topological polar surface area (TPSA) is 55.2 Å². The summed E-state index contributed by atoms with van der Waals surface area (Å²) in [6, 6.07) is 15.6. The quantitative estimate of drug-likeness (QED) is 0.447. The normalized spacial score (nSPS) is 15.8. The Labute approximate surface area is 174 Å². The highest BCUT2D eigenvalue weighted by molar-refractivity contribution is 7.93. The average molecular weight is 426 g/mol. The second-order valence-electron chi connectivity index (χ2n) is 7.85. The molecule has 0 spiro atoms. The Balaban J connectivity index is 1.73. The van der Waals surface area contributed by atoms with Crippen molar-refractivity contribution in [1.82, 2.24) is 9.55 Å². The van der Waals surface area contributed by atoms with Crippen LogP contribution in [0.2, 0.25) is 0 Å². The number of benzene rings is 2. The van der Waals surface area contributed by atoms with Crippen LogP contribution < -0.4 is 4.31 Å². The molecule has 7 heteroatoms. The first-order valence-corrected chi connectivity index (χ1v) is 12.1. The lowest BCUT2D eigenvalue weighted by Crippen LogP contribution is -2.41. The SMILES string of the molecule is Cc1c(N(C(C)C2CC2)S(=O)(=O)c2nc3ccccc3n2C)sc2ccccc12. The fraction of sp³-hybridized carbons (Fsp3) is 0.318. The third-order valence-corrected chi connectivity index (χ3v) is 9.18. The molecule has 1 aliphatic carbocycles. The second kappa shape index (κ2) is 6.57. The van der Waals surface area contributed by atoms with Gasteiger partial charge in [-0.3, -0.25) is 4.31 Å². The van der Waals surface area contributed by atoms with E-state index >= 15 is 0 Å². The van der Waals surface area contributed by atoms with Gasteiger partial charge in [-0.1, -0.05) is 30.3 Å². The van der Waals surface area contributed by atoms with Gasteiger partial charge < -0.3 is 4.57 Å². The van der Waals surface area contributed by atoms with Gasteiger partial charge in [0.15, 0.2) is 0 Å². The zero-order valence-electron chi connectivity index (χ0n) is 16.7. The summed E-state index contributed by atoms with van der Waals surface area (Å²) in [5.41, 5.74) is 2.53. The summed E-state index contributed by atoms with van der Waals surface area (Å²) in [6.45, 7) is 4.05. The van der Waals surface area contributed by atoms with Crippen LogP contribution in [0.5, 0.6) is 0 Å². The number of rotatable bonds is 5. The van der Waals surface area contributed by atoms with Crippen molar-refractivity contribution < 1.29 is 8.42 Å². The molecule has 1 saturated carbocycles.